The SMILES string of the molecule is CC(=O)Nc1cccc(C(C)N[C@@H](C)c2ccccc2)c1. The van der Waals surface area contributed by atoms with Crippen LogP contribution in [0.4, 0.5) is 5.69 Å². The van der Waals surface area contributed by atoms with E-state index in [0.717, 1.165) is 11.3 Å². The molecule has 0 saturated heterocycles. The largest absolute Gasteiger partial charge is 0.326 e. The first-order valence-electron chi connectivity index (χ1n) is 7.25. The molecule has 0 heterocycles. The average Bonchev–Trinajstić information content (AvgIpc) is 2.47. The van der Waals surface area contributed by atoms with E-state index in [1.54, 1.807) is 0 Å². The predicted octanol–water partition coefficient (Wildman–Crippen LogP) is 4.06. The number of benzene rings is 2. The highest BCUT2D eigenvalue weighted by atomic mass is 16.1. The van der Waals surface area contributed by atoms with Crippen LogP contribution in [-0.2, 0) is 4.79 Å². The molecule has 0 radical (unpaired) electrons. The van der Waals surface area contributed by atoms with Gasteiger partial charge in [0.2, 0.25) is 5.91 Å². The lowest BCUT2D eigenvalue weighted by atomic mass is 10.0. The highest BCUT2D eigenvalue weighted by Crippen LogP contribution is 2.21. The molecule has 2 aromatic carbocycles. The molecule has 0 bridgehead atoms. The predicted molar refractivity (Wildman–Crippen MR) is 87.2 cm³/mol. The fourth-order valence-electron chi connectivity index (χ4n) is 2.40. The molecule has 21 heavy (non-hydrogen) atoms. The van der Waals surface area contributed by atoms with Gasteiger partial charge >= 0.3 is 0 Å². The Kier molecular flexibility index (Phi) is 5.12. The van der Waals surface area contributed by atoms with Crippen LogP contribution < -0.4 is 10.6 Å². The molecule has 0 aliphatic carbocycles. The Bertz CT molecular complexity index is 595. The topological polar surface area (TPSA) is 41.1 Å². The number of anilines is 1. The molecule has 110 valence electrons. The molecular weight excluding hydrogens is 260 g/mol. The minimum absolute atomic E-state index is 0.0505. The summed E-state index contributed by atoms with van der Waals surface area (Å²) in [5, 5.41) is 6.40. The quantitative estimate of drug-likeness (QED) is 0.868. The Labute approximate surface area is 126 Å². The first-order chi connectivity index (χ1) is 10.1. The van der Waals surface area contributed by atoms with Gasteiger partial charge < -0.3 is 10.6 Å². The van der Waals surface area contributed by atoms with Crippen molar-refractivity contribution in [3.05, 3.63) is 65.7 Å². The molecule has 0 aliphatic heterocycles. The number of carbonyl (C=O) groups is 1. The fourth-order valence-corrected chi connectivity index (χ4v) is 2.40. The maximum absolute atomic E-state index is 11.1. The molecule has 3 heteroatoms. The van der Waals surface area contributed by atoms with Gasteiger partial charge in [-0.25, -0.2) is 0 Å². The van der Waals surface area contributed by atoms with Gasteiger partial charge in [-0.1, -0.05) is 42.5 Å². The molecular formula is C18H22N2O. The number of hydrogen-bond acceptors (Lipinski definition) is 2. The van der Waals surface area contributed by atoms with Crippen molar-refractivity contribution in [3.63, 3.8) is 0 Å². The second kappa shape index (κ2) is 7.04. The zero-order valence-corrected chi connectivity index (χ0v) is 12.8. The molecule has 0 spiro atoms. The second-order valence-electron chi connectivity index (χ2n) is 5.33. The molecule has 3 nitrogen and oxygen atoms in total. The van der Waals surface area contributed by atoms with Crippen LogP contribution in [0, 0.1) is 0 Å². The summed E-state index contributed by atoms with van der Waals surface area (Å²) in [5.41, 5.74) is 3.26. The highest BCUT2D eigenvalue weighted by Gasteiger charge is 2.11. The summed E-state index contributed by atoms with van der Waals surface area (Å²) in [6, 6.07) is 18.8. The smallest absolute Gasteiger partial charge is 0.221 e. The second-order valence-corrected chi connectivity index (χ2v) is 5.33. The third-order valence-corrected chi connectivity index (χ3v) is 3.51. The van der Waals surface area contributed by atoms with Gasteiger partial charge in [0.1, 0.15) is 0 Å². The Balaban J connectivity index is 2.06. The number of hydrogen-bond donors (Lipinski definition) is 2. The van der Waals surface area contributed by atoms with Crippen LogP contribution in [0.5, 0.6) is 0 Å². The van der Waals surface area contributed by atoms with Crippen LogP contribution in [0.1, 0.15) is 44.0 Å². The maximum atomic E-state index is 11.1. The average molecular weight is 282 g/mol. The highest BCUT2D eigenvalue weighted by molar-refractivity contribution is 5.88. The van der Waals surface area contributed by atoms with E-state index in [2.05, 4.69) is 54.8 Å². The van der Waals surface area contributed by atoms with Crippen molar-refractivity contribution in [2.24, 2.45) is 0 Å². The van der Waals surface area contributed by atoms with E-state index >= 15 is 0 Å². The summed E-state index contributed by atoms with van der Waals surface area (Å²) >= 11 is 0. The van der Waals surface area contributed by atoms with Gasteiger partial charge in [-0.3, -0.25) is 4.79 Å². The minimum Gasteiger partial charge on any atom is -0.326 e. The fraction of sp³-hybridized carbons (Fsp3) is 0.278. The summed E-state index contributed by atoms with van der Waals surface area (Å²) < 4.78 is 0. The number of rotatable bonds is 5. The van der Waals surface area contributed by atoms with E-state index in [-0.39, 0.29) is 18.0 Å². The summed E-state index contributed by atoms with van der Waals surface area (Å²) in [7, 11) is 0. The van der Waals surface area contributed by atoms with Crippen molar-refractivity contribution in [3.8, 4) is 0 Å². The maximum Gasteiger partial charge on any atom is 0.221 e. The van der Waals surface area contributed by atoms with Gasteiger partial charge in [-0.15, -0.1) is 0 Å². The summed E-state index contributed by atoms with van der Waals surface area (Å²) in [4.78, 5) is 11.1. The molecule has 2 N–H and O–H groups in total. The molecule has 0 aliphatic rings. The first-order valence-corrected chi connectivity index (χ1v) is 7.25. The van der Waals surface area contributed by atoms with Gasteiger partial charge in [-0.2, -0.15) is 0 Å². The summed E-state index contributed by atoms with van der Waals surface area (Å²) in [6.07, 6.45) is 0. The lowest BCUT2D eigenvalue weighted by Gasteiger charge is -2.21. The van der Waals surface area contributed by atoms with Crippen LogP contribution in [0.2, 0.25) is 0 Å². The van der Waals surface area contributed by atoms with Gasteiger partial charge in [0.15, 0.2) is 0 Å². The minimum atomic E-state index is -0.0505. The molecule has 1 amide bonds. The zero-order valence-electron chi connectivity index (χ0n) is 12.8. The third-order valence-electron chi connectivity index (χ3n) is 3.51. The molecule has 2 rings (SSSR count). The van der Waals surface area contributed by atoms with Gasteiger partial charge in [0.05, 0.1) is 0 Å². The van der Waals surface area contributed by atoms with E-state index in [4.69, 9.17) is 0 Å². The zero-order chi connectivity index (χ0) is 15.2. The monoisotopic (exact) mass is 282 g/mol. The van der Waals surface area contributed by atoms with Crippen molar-refractivity contribution in [1.82, 2.24) is 5.32 Å². The first kappa shape index (κ1) is 15.3. The standard InChI is InChI=1S/C18H22N2O/c1-13(16-8-5-4-6-9-16)19-14(2)17-10-7-11-18(12-17)20-15(3)21/h4-14,19H,1-3H3,(H,20,21)/t13-,14?/m0/s1. The molecule has 0 fully saturated rings. The van der Waals surface area contributed by atoms with Gasteiger partial charge in [0, 0.05) is 24.7 Å². The normalized spacial score (nSPS) is 13.5. The Hall–Kier alpha value is -2.13. The van der Waals surface area contributed by atoms with Crippen LogP contribution in [-0.4, -0.2) is 5.91 Å². The Morgan fingerprint density at radius 2 is 1.52 bits per heavy atom. The van der Waals surface area contributed by atoms with Crippen molar-refractivity contribution in [2.75, 3.05) is 5.32 Å². The summed E-state index contributed by atoms with van der Waals surface area (Å²) in [6.45, 7) is 5.81. The molecule has 2 aromatic rings. The number of carbonyl (C=O) groups excluding carboxylic acids is 1. The van der Waals surface area contributed by atoms with Gasteiger partial charge in [-0.05, 0) is 37.1 Å². The van der Waals surface area contributed by atoms with E-state index in [1.807, 2.05) is 24.3 Å². The van der Waals surface area contributed by atoms with Crippen LogP contribution in [0.3, 0.4) is 0 Å². The van der Waals surface area contributed by atoms with E-state index in [9.17, 15) is 4.79 Å². The van der Waals surface area contributed by atoms with Crippen molar-refractivity contribution >= 4 is 11.6 Å². The van der Waals surface area contributed by atoms with Gasteiger partial charge in [0.25, 0.3) is 0 Å². The molecule has 0 aromatic heterocycles. The molecule has 2 atom stereocenters. The van der Waals surface area contributed by atoms with E-state index in [0.29, 0.717) is 0 Å². The van der Waals surface area contributed by atoms with Crippen LogP contribution in [0.15, 0.2) is 54.6 Å². The third kappa shape index (κ3) is 4.43. The van der Waals surface area contributed by atoms with E-state index in [1.165, 1.54) is 12.5 Å². The van der Waals surface area contributed by atoms with Crippen LogP contribution in [0.25, 0.3) is 0 Å². The van der Waals surface area contributed by atoms with Crippen molar-refractivity contribution < 1.29 is 4.79 Å². The van der Waals surface area contributed by atoms with Crippen molar-refractivity contribution in [2.45, 2.75) is 32.9 Å². The lowest BCUT2D eigenvalue weighted by molar-refractivity contribution is -0.114. The number of nitrogens with one attached hydrogen (secondary N) is 2. The summed E-state index contributed by atoms with van der Waals surface area (Å²) in [5.74, 6) is -0.0505. The Morgan fingerprint density at radius 3 is 2.19 bits per heavy atom. The van der Waals surface area contributed by atoms with E-state index < -0.39 is 0 Å². The number of amides is 1. The molecule has 0 saturated carbocycles. The van der Waals surface area contributed by atoms with Crippen molar-refractivity contribution in [1.29, 1.82) is 0 Å². The Morgan fingerprint density at radius 1 is 0.905 bits per heavy atom. The van der Waals surface area contributed by atoms with Crippen LogP contribution >= 0.6 is 0 Å². The lowest BCUT2D eigenvalue weighted by Crippen LogP contribution is -2.22. The molecule has 1 unspecified atom stereocenters.